The number of halogens is 2. The number of H-pyrrole nitrogens is 1. The van der Waals surface area contributed by atoms with Crippen molar-refractivity contribution in [3.63, 3.8) is 0 Å². The largest absolute Gasteiger partial charge is 0.310 e. The van der Waals surface area contributed by atoms with E-state index in [0.29, 0.717) is 16.6 Å². The Morgan fingerprint density at radius 2 is 2.26 bits per heavy atom. The molecule has 0 saturated carbocycles. The van der Waals surface area contributed by atoms with Gasteiger partial charge in [-0.1, -0.05) is 17.7 Å². The molecule has 1 atom stereocenters. The van der Waals surface area contributed by atoms with Crippen molar-refractivity contribution in [2.75, 3.05) is 11.1 Å². The van der Waals surface area contributed by atoms with Crippen LogP contribution >= 0.6 is 23.4 Å². The van der Waals surface area contributed by atoms with E-state index < -0.39 is 0 Å². The molecule has 0 radical (unpaired) electrons. The second-order valence-electron chi connectivity index (χ2n) is 4.11. The Bertz CT molecular complexity index is 646. The molecule has 4 nitrogen and oxygen atoms in total. The number of aromatic nitrogens is 2. The van der Waals surface area contributed by atoms with E-state index in [1.165, 1.54) is 23.9 Å². The van der Waals surface area contributed by atoms with Crippen molar-refractivity contribution < 1.29 is 9.18 Å². The molecule has 0 spiro atoms. The zero-order valence-electron chi connectivity index (χ0n) is 9.61. The number of carbonyl (C=O) groups is 1. The molecular weight excluding hydrogens is 289 g/mol. The Hall–Kier alpha value is -1.53. The maximum Gasteiger partial charge on any atom is 0.235 e. The SMILES string of the molecule is O=C1CSC(c2ccc(F)cc2Cl)c2cn[nH]c2N1. The number of benzene rings is 1. The standard InChI is InChI=1S/C12H9ClFN3OS/c13-9-3-6(14)1-2-7(9)11-8-4-15-17-12(8)16-10(18)5-19-11/h1-4,11H,5H2,(H2,15,16,17,18). The van der Waals surface area contributed by atoms with Gasteiger partial charge in [0.15, 0.2) is 0 Å². The second-order valence-corrected chi connectivity index (χ2v) is 5.61. The summed E-state index contributed by atoms with van der Waals surface area (Å²) in [7, 11) is 0. The predicted octanol–water partition coefficient (Wildman–Crippen LogP) is 2.98. The second kappa shape index (κ2) is 4.86. The molecule has 0 aliphatic carbocycles. The van der Waals surface area contributed by atoms with Crippen LogP contribution in [0.15, 0.2) is 24.4 Å². The van der Waals surface area contributed by atoms with E-state index >= 15 is 0 Å². The van der Waals surface area contributed by atoms with E-state index in [1.807, 2.05) is 0 Å². The van der Waals surface area contributed by atoms with Crippen LogP contribution in [-0.2, 0) is 4.79 Å². The summed E-state index contributed by atoms with van der Waals surface area (Å²) in [5, 5.41) is 9.61. The number of nitrogens with one attached hydrogen (secondary N) is 2. The van der Waals surface area contributed by atoms with Crippen LogP contribution in [0, 0.1) is 5.82 Å². The fourth-order valence-electron chi connectivity index (χ4n) is 1.99. The highest BCUT2D eigenvalue weighted by molar-refractivity contribution is 8.00. The Morgan fingerprint density at radius 1 is 1.42 bits per heavy atom. The minimum absolute atomic E-state index is 0.101. The molecule has 1 aromatic carbocycles. The van der Waals surface area contributed by atoms with E-state index in [0.717, 1.165) is 11.1 Å². The summed E-state index contributed by atoms with van der Waals surface area (Å²) < 4.78 is 13.1. The molecule has 0 saturated heterocycles. The highest BCUT2D eigenvalue weighted by atomic mass is 35.5. The van der Waals surface area contributed by atoms with Crippen LogP contribution in [0.1, 0.15) is 16.4 Å². The van der Waals surface area contributed by atoms with Gasteiger partial charge in [0.2, 0.25) is 5.91 Å². The fraction of sp³-hybridized carbons (Fsp3) is 0.167. The first-order valence-electron chi connectivity index (χ1n) is 5.55. The van der Waals surface area contributed by atoms with E-state index in [1.54, 1.807) is 12.3 Å². The lowest BCUT2D eigenvalue weighted by Crippen LogP contribution is -2.12. The molecule has 2 heterocycles. The van der Waals surface area contributed by atoms with E-state index in [-0.39, 0.29) is 17.0 Å². The smallest absolute Gasteiger partial charge is 0.235 e. The molecule has 1 amide bonds. The summed E-state index contributed by atoms with van der Waals surface area (Å²) in [4.78, 5) is 11.6. The number of hydrogen-bond acceptors (Lipinski definition) is 3. The molecule has 1 unspecified atom stereocenters. The van der Waals surface area contributed by atoms with Crippen LogP contribution in [0.5, 0.6) is 0 Å². The number of nitrogens with zero attached hydrogens (tertiary/aromatic N) is 1. The number of carbonyl (C=O) groups excluding carboxylic acids is 1. The zero-order chi connectivity index (χ0) is 13.4. The van der Waals surface area contributed by atoms with Crippen LogP contribution in [0.25, 0.3) is 0 Å². The first-order valence-corrected chi connectivity index (χ1v) is 6.97. The lowest BCUT2D eigenvalue weighted by Gasteiger charge is -2.15. The first-order chi connectivity index (χ1) is 9.15. The maximum absolute atomic E-state index is 13.1. The monoisotopic (exact) mass is 297 g/mol. The number of anilines is 1. The summed E-state index contributed by atoms with van der Waals surface area (Å²) in [6.45, 7) is 0. The van der Waals surface area contributed by atoms with Crippen LogP contribution in [0.2, 0.25) is 5.02 Å². The minimum atomic E-state index is -0.381. The number of hydrogen-bond donors (Lipinski definition) is 2. The molecule has 7 heteroatoms. The quantitative estimate of drug-likeness (QED) is 0.851. The Balaban J connectivity index is 2.08. The van der Waals surface area contributed by atoms with Crippen molar-refractivity contribution in [3.8, 4) is 0 Å². The first kappa shape index (κ1) is 12.5. The van der Waals surface area contributed by atoms with Gasteiger partial charge in [-0.25, -0.2) is 4.39 Å². The molecule has 3 rings (SSSR count). The summed E-state index contributed by atoms with van der Waals surface area (Å²) in [5.41, 5.74) is 1.61. The molecule has 1 aromatic heterocycles. The maximum atomic E-state index is 13.1. The van der Waals surface area contributed by atoms with Crippen LogP contribution in [-0.4, -0.2) is 21.9 Å². The van der Waals surface area contributed by atoms with E-state index in [2.05, 4.69) is 15.5 Å². The summed E-state index contributed by atoms with van der Waals surface area (Å²) >= 11 is 7.53. The third kappa shape index (κ3) is 2.33. The number of aromatic amines is 1. The van der Waals surface area contributed by atoms with Gasteiger partial charge in [-0.2, -0.15) is 5.10 Å². The Morgan fingerprint density at radius 3 is 3.05 bits per heavy atom. The molecule has 1 aliphatic heterocycles. The lowest BCUT2D eigenvalue weighted by molar-refractivity contribution is -0.113. The van der Waals surface area contributed by atoms with Crippen molar-refractivity contribution in [1.29, 1.82) is 0 Å². The predicted molar refractivity (Wildman–Crippen MR) is 72.9 cm³/mol. The van der Waals surface area contributed by atoms with Crippen molar-refractivity contribution in [3.05, 3.63) is 46.4 Å². The van der Waals surface area contributed by atoms with Crippen molar-refractivity contribution >= 4 is 35.1 Å². The van der Waals surface area contributed by atoms with Gasteiger partial charge in [-0.3, -0.25) is 9.89 Å². The molecule has 19 heavy (non-hydrogen) atoms. The zero-order valence-corrected chi connectivity index (χ0v) is 11.2. The topological polar surface area (TPSA) is 57.8 Å². The highest BCUT2D eigenvalue weighted by Crippen LogP contribution is 2.42. The molecule has 0 bridgehead atoms. The number of rotatable bonds is 1. The lowest BCUT2D eigenvalue weighted by atomic mass is 10.1. The normalized spacial score (nSPS) is 18.6. The van der Waals surface area contributed by atoms with Crippen molar-refractivity contribution in [2.45, 2.75) is 5.25 Å². The number of fused-ring (bicyclic) bond motifs is 1. The average molecular weight is 298 g/mol. The fourth-order valence-corrected chi connectivity index (χ4v) is 3.46. The molecule has 98 valence electrons. The van der Waals surface area contributed by atoms with E-state index in [4.69, 9.17) is 11.6 Å². The van der Waals surface area contributed by atoms with Crippen LogP contribution in [0.4, 0.5) is 10.2 Å². The number of thioether (sulfide) groups is 1. The number of amides is 1. The highest BCUT2D eigenvalue weighted by Gasteiger charge is 2.27. The minimum Gasteiger partial charge on any atom is -0.310 e. The van der Waals surface area contributed by atoms with Crippen LogP contribution in [0.3, 0.4) is 0 Å². The van der Waals surface area contributed by atoms with E-state index in [9.17, 15) is 9.18 Å². The third-order valence-corrected chi connectivity index (χ3v) is 4.44. The molecule has 2 aromatic rings. The summed E-state index contributed by atoms with van der Waals surface area (Å²) in [5.74, 6) is 0.395. The summed E-state index contributed by atoms with van der Waals surface area (Å²) in [6, 6.07) is 4.28. The van der Waals surface area contributed by atoms with Gasteiger partial charge in [-0.05, 0) is 17.7 Å². The summed E-state index contributed by atoms with van der Waals surface area (Å²) in [6.07, 6.45) is 1.65. The molecule has 0 fully saturated rings. The Kier molecular flexibility index (Phi) is 3.20. The van der Waals surface area contributed by atoms with Crippen molar-refractivity contribution in [1.82, 2.24) is 10.2 Å². The Labute approximate surface area is 117 Å². The molecule has 1 aliphatic rings. The average Bonchev–Trinajstić information content (AvgIpc) is 2.74. The van der Waals surface area contributed by atoms with Gasteiger partial charge in [0.25, 0.3) is 0 Å². The third-order valence-electron chi connectivity index (χ3n) is 2.84. The molecular formula is C12H9ClFN3OS. The van der Waals surface area contributed by atoms with Gasteiger partial charge in [0.1, 0.15) is 11.6 Å². The van der Waals surface area contributed by atoms with Crippen molar-refractivity contribution in [2.24, 2.45) is 0 Å². The van der Waals surface area contributed by atoms with Gasteiger partial charge in [-0.15, -0.1) is 11.8 Å². The van der Waals surface area contributed by atoms with Gasteiger partial charge in [0, 0.05) is 10.6 Å². The van der Waals surface area contributed by atoms with Gasteiger partial charge >= 0.3 is 0 Å². The molecule has 2 N–H and O–H groups in total. The van der Waals surface area contributed by atoms with Gasteiger partial charge in [0.05, 0.1) is 17.2 Å². The van der Waals surface area contributed by atoms with Crippen LogP contribution < -0.4 is 5.32 Å². The van der Waals surface area contributed by atoms with Gasteiger partial charge < -0.3 is 5.32 Å².